The molecule has 4 fully saturated rings. The van der Waals surface area contributed by atoms with Crippen LogP contribution in [0.1, 0.15) is 64.7 Å². The summed E-state index contributed by atoms with van der Waals surface area (Å²) in [6, 6.07) is 6.57. The Bertz CT molecular complexity index is 1010. The number of sulfonamides is 1. The van der Waals surface area contributed by atoms with Crippen molar-refractivity contribution in [2.75, 3.05) is 32.8 Å². The molecule has 200 valence electrons. The van der Waals surface area contributed by atoms with Gasteiger partial charge in [0.05, 0.1) is 10.9 Å². The van der Waals surface area contributed by atoms with Crippen LogP contribution in [0.4, 0.5) is 4.79 Å². The second-order valence-electron chi connectivity index (χ2n) is 11.2. The van der Waals surface area contributed by atoms with Gasteiger partial charge < -0.3 is 9.64 Å². The topological polar surface area (TPSA) is 70.2 Å². The number of nitrogens with zero attached hydrogens (tertiary/aromatic N) is 3. The van der Waals surface area contributed by atoms with E-state index in [4.69, 9.17) is 16.3 Å². The maximum Gasteiger partial charge on any atom is 0.409 e. The maximum atomic E-state index is 13.8. The number of hydrogen-bond donors (Lipinski definition) is 0. The van der Waals surface area contributed by atoms with Crippen LogP contribution in [0.25, 0.3) is 0 Å². The number of carbonyl (C=O) groups is 1. The van der Waals surface area contributed by atoms with E-state index in [0.29, 0.717) is 42.4 Å². The first-order valence-corrected chi connectivity index (χ1v) is 15.6. The van der Waals surface area contributed by atoms with E-state index in [-0.39, 0.29) is 29.7 Å². The summed E-state index contributed by atoms with van der Waals surface area (Å²) in [5, 5.41) is 0.509. The van der Waals surface area contributed by atoms with Gasteiger partial charge in [0.15, 0.2) is 0 Å². The van der Waals surface area contributed by atoms with Gasteiger partial charge in [-0.25, -0.2) is 13.2 Å². The van der Waals surface area contributed by atoms with Gasteiger partial charge in [0, 0.05) is 30.2 Å². The molecule has 1 aromatic rings. The Hall–Kier alpha value is -1.35. The van der Waals surface area contributed by atoms with Crippen LogP contribution in [-0.4, -0.2) is 79.5 Å². The molecular formula is C27H40ClN3O4S. The molecule has 0 bridgehead atoms. The lowest BCUT2D eigenvalue weighted by Gasteiger charge is -2.44. The summed E-state index contributed by atoms with van der Waals surface area (Å²) in [6.45, 7) is 6.08. The van der Waals surface area contributed by atoms with Gasteiger partial charge in [0.2, 0.25) is 10.0 Å². The third-order valence-electron chi connectivity index (χ3n) is 8.66. The number of benzene rings is 1. The molecule has 1 amide bonds. The smallest absolute Gasteiger partial charge is 0.409 e. The van der Waals surface area contributed by atoms with Crippen molar-refractivity contribution in [2.24, 2.45) is 11.8 Å². The number of carbonyl (C=O) groups excluding carboxylic acids is 1. The molecule has 1 aliphatic carbocycles. The number of halogens is 1. The molecule has 0 aromatic heterocycles. The Morgan fingerprint density at radius 1 is 0.944 bits per heavy atom. The lowest BCUT2D eigenvalue weighted by Crippen LogP contribution is -2.54. The van der Waals surface area contributed by atoms with Crippen molar-refractivity contribution in [1.82, 2.24) is 14.1 Å². The Morgan fingerprint density at radius 2 is 1.67 bits per heavy atom. The highest BCUT2D eigenvalue weighted by atomic mass is 35.5. The van der Waals surface area contributed by atoms with E-state index in [9.17, 15) is 13.2 Å². The molecule has 0 radical (unpaired) electrons. The molecule has 4 aliphatic rings. The fraction of sp³-hybridized carbons (Fsp3) is 0.741. The van der Waals surface area contributed by atoms with E-state index >= 15 is 0 Å². The van der Waals surface area contributed by atoms with Crippen LogP contribution in [-0.2, 0) is 14.8 Å². The molecule has 3 aliphatic heterocycles. The number of amides is 1. The summed E-state index contributed by atoms with van der Waals surface area (Å²) in [6.07, 6.45) is 9.18. The number of likely N-dealkylation sites (tertiary alicyclic amines) is 2. The Kier molecular flexibility index (Phi) is 8.15. The molecule has 0 spiro atoms. The molecule has 7 nitrogen and oxygen atoms in total. The van der Waals surface area contributed by atoms with E-state index in [1.165, 1.54) is 32.4 Å². The van der Waals surface area contributed by atoms with Gasteiger partial charge in [0.1, 0.15) is 6.61 Å². The van der Waals surface area contributed by atoms with E-state index in [1.54, 1.807) is 28.6 Å². The number of ether oxygens (including phenoxy) is 1. The van der Waals surface area contributed by atoms with Crippen LogP contribution in [0.15, 0.2) is 29.2 Å². The zero-order valence-electron chi connectivity index (χ0n) is 21.4. The van der Waals surface area contributed by atoms with Crippen molar-refractivity contribution in [3.8, 4) is 0 Å². The van der Waals surface area contributed by atoms with Crippen LogP contribution < -0.4 is 0 Å². The van der Waals surface area contributed by atoms with Gasteiger partial charge in [0.25, 0.3) is 0 Å². The lowest BCUT2D eigenvalue weighted by molar-refractivity contribution is 0.0265. The van der Waals surface area contributed by atoms with Crippen LogP contribution in [0.2, 0.25) is 5.02 Å². The number of hydrogen-bond acceptors (Lipinski definition) is 5. The molecule has 0 N–H and O–H groups in total. The van der Waals surface area contributed by atoms with Crippen LogP contribution >= 0.6 is 11.6 Å². The van der Waals surface area contributed by atoms with Crippen LogP contribution in [0.5, 0.6) is 0 Å². The highest BCUT2D eigenvalue weighted by molar-refractivity contribution is 7.89. The van der Waals surface area contributed by atoms with E-state index in [2.05, 4.69) is 11.8 Å². The predicted octanol–water partition coefficient (Wildman–Crippen LogP) is 4.99. The van der Waals surface area contributed by atoms with E-state index in [0.717, 1.165) is 32.1 Å². The monoisotopic (exact) mass is 537 g/mol. The quantitative estimate of drug-likeness (QED) is 0.511. The van der Waals surface area contributed by atoms with Gasteiger partial charge in [-0.3, -0.25) is 4.90 Å². The molecule has 3 unspecified atom stereocenters. The molecule has 3 saturated heterocycles. The lowest BCUT2D eigenvalue weighted by atomic mass is 9.91. The fourth-order valence-corrected chi connectivity index (χ4v) is 8.66. The molecule has 4 atom stereocenters. The molecule has 1 saturated carbocycles. The molecule has 3 heterocycles. The first-order valence-electron chi connectivity index (χ1n) is 13.8. The van der Waals surface area contributed by atoms with Crippen LogP contribution in [0, 0.1) is 11.8 Å². The third-order valence-corrected chi connectivity index (χ3v) is 10.9. The molecule has 9 heteroatoms. The molecular weight excluding hydrogens is 498 g/mol. The first kappa shape index (κ1) is 26.3. The van der Waals surface area contributed by atoms with Crippen molar-refractivity contribution in [3.63, 3.8) is 0 Å². The van der Waals surface area contributed by atoms with Crippen molar-refractivity contribution >= 4 is 27.7 Å². The van der Waals surface area contributed by atoms with Gasteiger partial charge in [-0.2, -0.15) is 4.31 Å². The number of piperidine rings is 3. The summed E-state index contributed by atoms with van der Waals surface area (Å²) in [4.78, 5) is 17.8. The van der Waals surface area contributed by atoms with Crippen molar-refractivity contribution < 1.29 is 17.9 Å². The molecule has 36 heavy (non-hydrogen) atoms. The van der Waals surface area contributed by atoms with Gasteiger partial charge in [-0.05, 0) is 94.1 Å². The minimum atomic E-state index is -3.72. The highest BCUT2D eigenvalue weighted by Crippen LogP contribution is 2.43. The largest absolute Gasteiger partial charge is 0.448 e. The Labute approximate surface area is 221 Å². The summed E-state index contributed by atoms with van der Waals surface area (Å²) >= 11 is 6.01. The second-order valence-corrected chi connectivity index (χ2v) is 13.5. The third kappa shape index (κ3) is 5.71. The van der Waals surface area contributed by atoms with Gasteiger partial charge in [-0.15, -0.1) is 0 Å². The summed E-state index contributed by atoms with van der Waals surface area (Å²) in [5.74, 6) is 0.806. The predicted molar refractivity (Wildman–Crippen MR) is 141 cm³/mol. The zero-order valence-corrected chi connectivity index (χ0v) is 22.9. The Morgan fingerprint density at radius 3 is 2.33 bits per heavy atom. The fourth-order valence-electron chi connectivity index (χ4n) is 6.62. The average Bonchev–Trinajstić information content (AvgIpc) is 3.73. The van der Waals surface area contributed by atoms with Gasteiger partial charge in [-0.1, -0.05) is 31.4 Å². The van der Waals surface area contributed by atoms with E-state index in [1.807, 2.05) is 4.90 Å². The average molecular weight is 538 g/mol. The van der Waals surface area contributed by atoms with Crippen molar-refractivity contribution in [3.05, 3.63) is 29.3 Å². The second kappa shape index (κ2) is 11.2. The SMILES string of the molecule is CC1CN(C(=O)OC[C@H]2CCCC(C3CC3)N2S(=O)(=O)c2ccc(Cl)cc2)CCC1N1CCCCC1. The summed E-state index contributed by atoms with van der Waals surface area (Å²) in [7, 11) is -3.72. The standard InChI is InChI=1S/C27H40ClN3O4S/c1-20-18-30(17-14-25(20)29-15-3-2-4-16-29)27(32)35-19-23-6-5-7-26(21-8-9-21)31(23)36(33,34)24-12-10-22(28)11-13-24/h10-13,20-21,23,25-26H,2-9,14-19H2,1H3/t20?,23-,25?,26?/m1/s1. The van der Waals surface area contributed by atoms with E-state index < -0.39 is 10.0 Å². The highest BCUT2D eigenvalue weighted by Gasteiger charge is 2.46. The van der Waals surface area contributed by atoms with Crippen molar-refractivity contribution in [1.29, 1.82) is 0 Å². The zero-order chi connectivity index (χ0) is 25.3. The minimum absolute atomic E-state index is 0.0246. The van der Waals surface area contributed by atoms with Gasteiger partial charge >= 0.3 is 6.09 Å². The summed E-state index contributed by atoms with van der Waals surface area (Å²) < 4.78 is 35.0. The van der Waals surface area contributed by atoms with Crippen molar-refractivity contribution in [2.45, 2.75) is 87.7 Å². The number of rotatable bonds is 6. The Balaban J connectivity index is 1.23. The first-order chi connectivity index (χ1) is 17.3. The molecule has 1 aromatic carbocycles. The van der Waals surface area contributed by atoms with Crippen LogP contribution in [0.3, 0.4) is 0 Å². The molecule has 5 rings (SSSR count). The summed E-state index contributed by atoms with van der Waals surface area (Å²) in [5.41, 5.74) is 0. The maximum absolute atomic E-state index is 13.8. The normalized spacial score (nSPS) is 30.8. The minimum Gasteiger partial charge on any atom is -0.448 e.